The average molecular weight is 289 g/mol. The van der Waals surface area contributed by atoms with Gasteiger partial charge in [-0.2, -0.15) is 0 Å². The van der Waals surface area contributed by atoms with E-state index in [9.17, 15) is 9.59 Å². The molecule has 1 N–H and O–H groups in total. The van der Waals surface area contributed by atoms with Crippen molar-refractivity contribution in [2.75, 3.05) is 26.2 Å². The molecule has 0 spiro atoms. The molecule has 2 aromatic heterocycles. The van der Waals surface area contributed by atoms with Gasteiger partial charge in [0.15, 0.2) is 5.65 Å². The van der Waals surface area contributed by atoms with Crippen molar-refractivity contribution >= 4 is 11.6 Å². The van der Waals surface area contributed by atoms with Gasteiger partial charge in [0, 0.05) is 31.4 Å². The van der Waals surface area contributed by atoms with Crippen molar-refractivity contribution in [2.45, 2.75) is 19.4 Å². The van der Waals surface area contributed by atoms with Crippen LogP contribution in [0.2, 0.25) is 0 Å². The fourth-order valence-electron chi connectivity index (χ4n) is 2.63. The second-order valence-corrected chi connectivity index (χ2v) is 5.93. The molecule has 1 aliphatic rings. The third kappa shape index (κ3) is 2.50. The SMILES string of the molecule is CC1(C)CNCCN1CC(=O)n1nc2ccccn2c1=O. The number of carbonyl (C=O) groups excluding carboxylic acids is 1. The van der Waals surface area contributed by atoms with Crippen molar-refractivity contribution < 1.29 is 4.79 Å². The third-order valence-corrected chi connectivity index (χ3v) is 3.96. The Balaban J connectivity index is 1.87. The van der Waals surface area contributed by atoms with Crippen LogP contribution < -0.4 is 11.0 Å². The molecule has 0 amide bonds. The molecule has 1 aliphatic heterocycles. The molecule has 3 rings (SSSR count). The Morgan fingerprint density at radius 2 is 2.24 bits per heavy atom. The topological polar surface area (TPSA) is 71.6 Å². The van der Waals surface area contributed by atoms with Crippen LogP contribution in [-0.4, -0.2) is 56.7 Å². The summed E-state index contributed by atoms with van der Waals surface area (Å²) in [5.41, 5.74) is -0.0459. The second-order valence-electron chi connectivity index (χ2n) is 5.93. The quantitative estimate of drug-likeness (QED) is 0.830. The molecule has 0 saturated carbocycles. The van der Waals surface area contributed by atoms with Gasteiger partial charge >= 0.3 is 5.69 Å². The van der Waals surface area contributed by atoms with Crippen LogP contribution in [0.5, 0.6) is 0 Å². The van der Waals surface area contributed by atoms with Crippen molar-refractivity contribution in [3.63, 3.8) is 0 Å². The minimum atomic E-state index is -0.413. The number of carbonyl (C=O) groups is 1. The number of nitrogens with zero attached hydrogens (tertiary/aromatic N) is 4. The van der Waals surface area contributed by atoms with Gasteiger partial charge in [-0.25, -0.2) is 9.20 Å². The van der Waals surface area contributed by atoms with Crippen molar-refractivity contribution in [3.05, 3.63) is 34.9 Å². The highest BCUT2D eigenvalue weighted by Gasteiger charge is 2.31. The lowest BCUT2D eigenvalue weighted by molar-refractivity contribution is 0.0604. The predicted molar refractivity (Wildman–Crippen MR) is 78.6 cm³/mol. The second kappa shape index (κ2) is 5.09. The number of hydrogen-bond donors (Lipinski definition) is 1. The zero-order valence-electron chi connectivity index (χ0n) is 12.2. The minimum Gasteiger partial charge on any atom is -0.314 e. The molecule has 0 bridgehead atoms. The smallest absolute Gasteiger partial charge is 0.314 e. The van der Waals surface area contributed by atoms with Gasteiger partial charge < -0.3 is 5.32 Å². The molecule has 7 heteroatoms. The van der Waals surface area contributed by atoms with Gasteiger partial charge in [0.1, 0.15) is 0 Å². The van der Waals surface area contributed by atoms with Gasteiger partial charge in [0.05, 0.1) is 6.54 Å². The first-order valence-corrected chi connectivity index (χ1v) is 7.04. The summed E-state index contributed by atoms with van der Waals surface area (Å²) in [6, 6.07) is 5.24. The maximum atomic E-state index is 12.4. The van der Waals surface area contributed by atoms with E-state index in [1.165, 1.54) is 4.40 Å². The summed E-state index contributed by atoms with van der Waals surface area (Å²) in [5, 5.41) is 7.41. The van der Waals surface area contributed by atoms with Crippen LogP contribution in [0.25, 0.3) is 5.65 Å². The van der Waals surface area contributed by atoms with E-state index in [0.717, 1.165) is 24.3 Å². The number of fused-ring (bicyclic) bond motifs is 1. The highest BCUT2D eigenvalue weighted by atomic mass is 16.2. The van der Waals surface area contributed by atoms with Crippen molar-refractivity contribution in [3.8, 4) is 0 Å². The van der Waals surface area contributed by atoms with Gasteiger partial charge in [-0.05, 0) is 26.0 Å². The maximum Gasteiger partial charge on any atom is 0.357 e. The molecule has 1 saturated heterocycles. The molecule has 3 heterocycles. The number of aromatic nitrogens is 3. The van der Waals surface area contributed by atoms with E-state index in [2.05, 4.69) is 29.2 Å². The zero-order valence-corrected chi connectivity index (χ0v) is 12.2. The van der Waals surface area contributed by atoms with Crippen LogP contribution in [-0.2, 0) is 0 Å². The Bertz CT molecular complexity index is 730. The van der Waals surface area contributed by atoms with Crippen LogP contribution in [0, 0.1) is 0 Å². The summed E-state index contributed by atoms with van der Waals surface area (Å²) in [5.74, 6) is -0.293. The molecule has 0 atom stereocenters. The molecule has 112 valence electrons. The highest BCUT2D eigenvalue weighted by molar-refractivity contribution is 5.80. The molecule has 1 fully saturated rings. The molecular formula is C14H19N5O2. The Kier molecular flexibility index (Phi) is 3.38. The summed E-state index contributed by atoms with van der Waals surface area (Å²) >= 11 is 0. The van der Waals surface area contributed by atoms with Gasteiger partial charge in [-0.1, -0.05) is 6.07 Å². The molecule has 2 aromatic rings. The molecule has 0 radical (unpaired) electrons. The summed E-state index contributed by atoms with van der Waals surface area (Å²) in [7, 11) is 0. The lowest BCUT2D eigenvalue weighted by atomic mass is 10.0. The Hall–Kier alpha value is -1.99. The molecule has 0 aliphatic carbocycles. The van der Waals surface area contributed by atoms with E-state index in [0.29, 0.717) is 5.65 Å². The molecule has 0 aromatic carbocycles. The Labute approximate surface area is 122 Å². The Morgan fingerprint density at radius 3 is 2.95 bits per heavy atom. The van der Waals surface area contributed by atoms with Crippen molar-refractivity contribution in [2.24, 2.45) is 0 Å². The van der Waals surface area contributed by atoms with E-state index >= 15 is 0 Å². The Morgan fingerprint density at radius 1 is 1.43 bits per heavy atom. The van der Waals surface area contributed by atoms with E-state index in [1.807, 2.05) is 0 Å². The third-order valence-electron chi connectivity index (χ3n) is 3.96. The largest absolute Gasteiger partial charge is 0.357 e. The standard InChI is InChI=1S/C14H19N5O2/c1-14(2)10-15-6-8-17(14)9-12(20)19-13(21)18-7-4-3-5-11(18)16-19/h3-5,7,15H,6,8-10H2,1-2H3. The highest BCUT2D eigenvalue weighted by Crippen LogP contribution is 2.15. The minimum absolute atomic E-state index is 0.114. The van der Waals surface area contributed by atoms with E-state index in [1.54, 1.807) is 24.4 Å². The van der Waals surface area contributed by atoms with Gasteiger partial charge in [0.25, 0.3) is 5.91 Å². The first-order chi connectivity index (χ1) is 9.99. The van der Waals surface area contributed by atoms with Gasteiger partial charge in [-0.15, -0.1) is 9.78 Å². The first-order valence-electron chi connectivity index (χ1n) is 7.04. The molecule has 21 heavy (non-hydrogen) atoms. The normalized spacial score (nSPS) is 19.0. The van der Waals surface area contributed by atoms with Gasteiger partial charge in [-0.3, -0.25) is 9.69 Å². The summed E-state index contributed by atoms with van der Waals surface area (Å²) < 4.78 is 2.34. The number of nitrogens with one attached hydrogen (secondary N) is 1. The zero-order chi connectivity index (χ0) is 15.0. The van der Waals surface area contributed by atoms with E-state index in [4.69, 9.17) is 0 Å². The van der Waals surface area contributed by atoms with Crippen LogP contribution in [0.15, 0.2) is 29.2 Å². The first kappa shape index (κ1) is 14.0. The van der Waals surface area contributed by atoms with Crippen LogP contribution >= 0.6 is 0 Å². The van der Waals surface area contributed by atoms with E-state index in [-0.39, 0.29) is 18.0 Å². The van der Waals surface area contributed by atoms with Crippen LogP contribution in [0.3, 0.4) is 0 Å². The van der Waals surface area contributed by atoms with Gasteiger partial charge in [0.2, 0.25) is 0 Å². The summed E-state index contributed by atoms with van der Waals surface area (Å²) in [6.45, 7) is 6.80. The lowest BCUT2D eigenvalue weighted by Crippen LogP contribution is -2.59. The fourth-order valence-corrected chi connectivity index (χ4v) is 2.63. The number of pyridine rings is 1. The maximum absolute atomic E-state index is 12.4. The van der Waals surface area contributed by atoms with Crippen LogP contribution in [0.1, 0.15) is 18.6 Å². The predicted octanol–water partition coefficient (Wildman–Crippen LogP) is -0.180. The number of piperazine rings is 1. The van der Waals surface area contributed by atoms with Crippen LogP contribution in [0.4, 0.5) is 0 Å². The van der Waals surface area contributed by atoms with E-state index < -0.39 is 5.69 Å². The summed E-state index contributed by atoms with van der Waals surface area (Å²) in [6.07, 6.45) is 1.61. The van der Waals surface area contributed by atoms with Crippen molar-refractivity contribution in [1.82, 2.24) is 24.4 Å². The number of rotatable bonds is 2. The monoisotopic (exact) mass is 289 g/mol. The lowest BCUT2D eigenvalue weighted by Gasteiger charge is -2.42. The molecule has 7 nitrogen and oxygen atoms in total. The molecular weight excluding hydrogens is 270 g/mol. The number of hydrogen-bond acceptors (Lipinski definition) is 5. The fraction of sp³-hybridized carbons (Fsp3) is 0.500. The molecule has 0 unspecified atom stereocenters. The van der Waals surface area contributed by atoms with Crippen molar-refractivity contribution in [1.29, 1.82) is 0 Å². The average Bonchev–Trinajstić information content (AvgIpc) is 2.79. The summed E-state index contributed by atoms with van der Waals surface area (Å²) in [4.78, 5) is 26.7.